The van der Waals surface area contributed by atoms with Crippen LogP contribution in [0.4, 0.5) is 20.2 Å². The van der Waals surface area contributed by atoms with Gasteiger partial charge in [-0.3, -0.25) is 24.5 Å². The number of fused-ring (bicyclic) bond motifs is 1. The van der Waals surface area contributed by atoms with Crippen LogP contribution >= 0.6 is 11.3 Å². The summed E-state index contributed by atoms with van der Waals surface area (Å²) < 4.78 is 41.3. The number of amides is 2. The molecule has 3 heterocycles. The lowest BCUT2D eigenvalue weighted by molar-refractivity contribution is -0.133. The lowest BCUT2D eigenvalue weighted by Crippen LogP contribution is -2.41. The zero-order chi connectivity index (χ0) is 31.6. The second-order valence-corrected chi connectivity index (χ2v) is 11.7. The molecule has 5 aromatic rings. The van der Waals surface area contributed by atoms with Gasteiger partial charge in [0.25, 0.3) is 0 Å². The minimum Gasteiger partial charge on any atom is -0.456 e. The van der Waals surface area contributed by atoms with Crippen LogP contribution in [0.25, 0.3) is 20.8 Å². The Kier molecular flexibility index (Phi) is 8.52. The third kappa shape index (κ3) is 6.25. The van der Waals surface area contributed by atoms with Gasteiger partial charge in [-0.25, -0.2) is 8.78 Å². The maximum absolute atomic E-state index is 15.7. The van der Waals surface area contributed by atoms with Crippen molar-refractivity contribution in [1.29, 1.82) is 0 Å². The fourth-order valence-electron chi connectivity index (χ4n) is 4.92. The van der Waals surface area contributed by atoms with Gasteiger partial charge in [0, 0.05) is 50.4 Å². The lowest BCUT2D eigenvalue weighted by atomic mass is 10.0. The Bertz CT molecular complexity index is 1860. The summed E-state index contributed by atoms with van der Waals surface area (Å²) in [4.78, 5) is 36.7. The third-order valence-electron chi connectivity index (χ3n) is 7.57. The van der Waals surface area contributed by atoms with Crippen LogP contribution in [0.5, 0.6) is 11.5 Å². The van der Waals surface area contributed by atoms with E-state index >= 15 is 4.39 Å². The molecule has 12 heteroatoms. The Morgan fingerprint density at radius 2 is 1.84 bits per heavy atom. The second kappa shape index (κ2) is 12.7. The Morgan fingerprint density at radius 1 is 1.04 bits per heavy atom. The van der Waals surface area contributed by atoms with Crippen molar-refractivity contribution >= 4 is 44.7 Å². The number of thiophene rings is 1. The number of methoxy groups -OCH3 is 1. The van der Waals surface area contributed by atoms with Crippen molar-refractivity contribution in [1.82, 2.24) is 15.3 Å². The molecule has 45 heavy (non-hydrogen) atoms. The highest BCUT2D eigenvalue weighted by Crippen LogP contribution is 2.49. The standard InChI is InChI=1S/C33H29F2N5O4S/c1-43-15-14-37-18-20-2-8-25(39-19-20)29-17-26-30(45-29)28(10-13-38-26)44-23-7-9-27(24(35)16-23)40(22-5-3-21(34)4-6-22)32(42)33(11-12-33)31(36)41/h2-10,13,16-17,19,37H,11-12,14-15,18H2,1H3,(H2,36,41). The molecule has 1 aliphatic rings. The molecule has 9 nitrogen and oxygen atoms in total. The Morgan fingerprint density at radius 3 is 2.51 bits per heavy atom. The van der Waals surface area contributed by atoms with Gasteiger partial charge in [-0.15, -0.1) is 11.3 Å². The number of anilines is 2. The molecule has 0 unspecified atom stereocenters. The highest BCUT2D eigenvalue weighted by Gasteiger charge is 2.57. The fraction of sp³-hybridized carbons (Fsp3) is 0.212. The number of carbonyl (C=O) groups is 2. The minimum absolute atomic E-state index is 0.117. The molecule has 0 spiro atoms. The normalized spacial score (nSPS) is 13.5. The summed E-state index contributed by atoms with van der Waals surface area (Å²) in [6, 6.07) is 16.6. The van der Waals surface area contributed by atoms with Gasteiger partial charge < -0.3 is 20.5 Å². The summed E-state index contributed by atoms with van der Waals surface area (Å²) in [6.07, 6.45) is 3.95. The van der Waals surface area contributed by atoms with Crippen molar-refractivity contribution in [2.75, 3.05) is 25.2 Å². The first-order chi connectivity index (χ1) is 21.8. The molecule has 1 aliphatic carbocycles. The number of ether oxygens (including phenoxy) is 2. The first-order valence-electron chi connectivity index (χ1n) is 14.2. The van der Waals surface area contributed by atoms with Crippen molar-refractivity contribution in [3.63, 3.8) is 0 Å². The predicted molar refractivity (Wildman–Crippen MR) is 167 cm³/mol. The highest BCUT2D eigenvalue weighted by molar-refractivity contribution is 7.22. The number of halogens is 2. The first-order valence-corrected chi connectivity index (χ1v) is 15.0. The zero-order valence-electron chi connectivity index (χ0n) is 24.3. The first kappa shape index (κ1) is 30.3. The topological polar surface area (TPSA) is 120 Å². The molecule has 2 aromatic carbocycles. The van der Waals surface area contributed by atoms with Crippen LogP contribution in [-0.2, 0) is 20.9 Å². The molecule has 1 saturated carbocycles. The largest absolute Gasteiger partial charge is 0.456 e. The van der Waals surface area contributed by atoms with Gasteiger partial charge in [0.15, 0.2) is 5.82 Å². The maximum atomic E-state index is 15.7. The summed E-state index contributed by atoms with van der Waals surface area (Å²) in [5, 5.41) is 3.29. The van der Waals surface area contributed by atoms with Gasteiger partial charge in [0.1, 0.15) is 22.7 Å². The molecule has 1 fully saturated rings. The number of benzene rings is 2. The van der Waals surface area contributed by atoms with Gasteiger partial charge in [-0.1, -0.05) is 6.07 Å². The summed E-state index contributed by atoms with van der Waals surface area (Å²) in [7, 11) is 1.66. The van der Waals surface area contributed by atoms with Crippen LogP contribution in [0.2, 0.25) is 0 Å². The molecule has 2 amide bonds. The molecule has 6 rings (SSSR count). The number of nitrogens with two attached hydrogens (primary N) is 1. The van der Waals surface area contributed by atoms with Crippen LogP contribution in [-0.4, -0.2) is 42.0 Å². The molecule has 230 valence electrons. The summed E-state index contributed by atoms with van der Waals surface area (Å²) >= 11 is 1.45. The number of pyridine rings is 2. The number of rotatable bonds is 12. The van der Waals surface area contributed by atoms with E-state index in [-0.39, 0.29) is 30.0 Å². The molecule has 3 aromatic heterocycles. The number of hydrogen-bond acceptors (Lipinski definition) is 8. The van der Waals surface area contributed by atoms with Gasteiger partial charge in [0.2, 0.25) is 11.8 Å². The fourth-order valence-corrected chi connectivity index (χ4v) is 5.97. The SMILES string of the molecule is COCCNCc1ccc(-c2cc3nccc(Oc4ccc(N(C(=O)C5(C(N)=O)CC5)c5ccc(F)cc5)c(F)c4)c3s2)nc1. The van der Waals surface area contributed by atoms with Crippen LogP contribution in [0.15, 0.2) is 79.1 Å². The number of nitrogens with one attached hydrogen (secondary N) is 1. The monoisotopic (exact) mass is 629 g/mol. The second-order valence-electron chi connectivity index (χ2n) is 10.6. The average Bonchev–Trinajstić information content (AvgIpc) is 3.74. The Labute approximate surface area is 261 Å². The molecular formula is C33H29F2N5O4S. The molecule has 0 aliphatic heterocycles. The predicted octanol–water partition coefficient (Wildman–Crippen LogP) is 6.10. The highest BCUT2D eigenvalue weighted by atomic mass is 32.1. The van der Waals surface area contributed by atoms with E-state index in [0.717, 1.165) is 50.5 Å². The number of aromatic nitrogens is 2. The van der Waals surface area contributed by atoms with Crippen molar-refractivity contribution in [2.45, 2.75) is 19.4 Å². The Balaban J connectivity index is 1.25. The molecular weight excluding hydrogens is 600 g/mol. The van der Waals surface area contributed by atoms with Gasteiger partial charge >= 0.3 is 0 Å². The van der Waals surface area contributed by atoms with E-state index in [1.54, 1.807) is 19.4 Å². The molecule has 0 saturated heterocycles. The summed E-state index contributed by atoms with van der Waals surface area (Å²) in [6.45, 7) is 2.06. The minimum atomic E-state index is -1.42. The number of primary amides is 1. The maximum Gasteiger partial charge on any atom is 0.247 e. The van der Waals surface area contributed by atoms with Crippen LogP contribution in [0, 0.1) is 17.0 Å². The van der Waals surface area contributed by atoms with Gasteiger partial charge in [-0.2, -0.15) is 0 Å². The van der Waals surface area contributed by atoms with Crippen LogP contribution < -0.4 is 20.7 Å². The van der Waals surface area contributed by atoms with Crippen molar-refractivity contribution in [3.8, 4) is 22.1 Å². The Hall–Kier alpha value is -4.78. The summed E-state index contributed by atoms with van der Waals surface area (Å²) in [5.74, 6) is -2.09. The quantitative estimate of drug-likeness (QED) is 0.127. The van der Waals surface area contributed by atoms with Gasteiger partial charge in [0.05, 0.1) is 33.1 Å². The number of carbonyl (C=O) groups excluding carboxylic acids is 2. The van der Waals surface area contributed by atoms with E-state index in [1.807, 2.05) is 24.4 Å². The molecule has 0 radical (unpaired) electrons. The van der Waals surface area contributed by atoms with Crippen molar-refractivity contribution < 1.29 is 27.8 Å². The zero-order valence-corrected chi connectivity index (χ0v) is 25.1. The van der Waals surface area contributed by atoms with Gasteiger partial charge in [-0.05, 0) is 66.9 Å². The molecule has 0 atom stereocenters. The smallest absolute Gasteiger partial charge is 0.247 e. The number of hydrogen-bond donors (Lipinski definition) is 2. The average molecular weight is 630 g/mol. The summed E-state index contributed by atoms with van der Waals surface area (Å²) in [5.41, 5.74) is 6.74. The van der Waals surface area contributed by atoms with E-state index in [9.17, 15) is 14.0 Å². The van der Waals surface area contributed by atoms with Crippen LogP contribution in [0.1, 0.15) is 18.4 Å². The third-order valence-corrected chi connectivity index (χ3v) is 8.73. The van der Waals surface area contributed by atoms with Crippen molar-refractivity contribution in [2.24, 2.45) is 11.1 Å². The van der Waals surface area contributed by atoms with Crippen LogP contribution in [0.3, 0.4) is 0 Å². The molecule has 0 bridgehead atoms. The van der Waals surface area contributed by atoms with E-state index in [1.165, 1.54) is 35.6 Å². The van der Waals surface area contributed by atoms with E-state index in [4.69, 9.17) is 15.2 Å². The van der Waals surface area contributed by atoms with Crippen molar-refractivity contribution in [3.05, 3.63) is 96.3 Å². The van der Waals surface area contributed by atoms with E-state index in [0.29, 0.717) is 24.4 Å². The van der Waals surface area contributed by atoms with E-state index < -0.39 is 28.9 Å². The molecule has 3 N–H and O–H groups in total. The number of nitrogens with zero attached hydrogens (tertiary/aromatic N) is 3. The lowest BCUT2D eigenvalue weighted by Gasteiger charge is -2.27. The van der Waals surface area contributed by atoms with E-state index in [2.05, 4.69) is 15.3 Å².